The monoisotopic (exact) mass is 483 g/mol. The maximum Gasteiger partial charge on any atom is 0.240 e. The molecule has 3 aliphatic heterocycles. The van der Waals surface area contributed by atoms with Gasteiger partial charge in [-0.2, -0.15) is 5.26 Å². The van der Waals surface area contributed by atoms with Crippen LogP contribution in [0.2, 0.25) is 0 Å². The highest BCUT2D eigenvalue weighted by Gasteiger charge is 2.74. The fraction of sp³-hybridized carbons (Fsp3) is 0.286. The summed E-state index contributed by atoms with van der Waals surface area (Å²) in [4.78, 5) is 41.9. The summed E-state index contributed by atoms with van der Waals surface area (Å²) < 4.78 is 19.6. The molecular formula is C28H22FN3O4. The topological polar surface area (TPSA) is 99.5 Å². The summed E-state index contributed by atoms with van der Waals surface area (Å²) in [5.74, 6) is -3.01. The highest BCUT2D eigenvalue weighted by molar-refractivity contribution is 6.26. The third-order valence-electron chi connectivity index (χ3n) is 7.86. The number of halogens is 1. The van der Waals surface area contributed by atoms with Crippen molar-refractivity contribution < 1.29 is 23.5 Å². The highest BCUT2D eigenvalue weighted by Crippen LogP contribution is 2.62. The number of carbonyl (C=O) groups is 3. The number of ether oxygens (including phenoxy) is 1. The number of benzene rings is 3. The maximum atomic E-state index is 13.9. The van der Waals surface area contributed by atoms with Crippen LogP contribution in [0.15, 0.2) is 60.7 Å². The summed E-state index contributed by atoms with van der Waals surface area (Å²) in [6, 6.07) is 18.0. The Balaban J connectivity index is 1.36. The minimum Gasteiger partial charge on any atom is -0.367 e. The van der Waals surface area contributed by atoms with E-state index in [0.29, 0.717) is 40.6 Å². The van der Waals surface area contributed by atoms with Gasteiger partial charge in [0.05, 0.1) is 46.8 Å². The van der Waals surface area contributed by atoms with E-state index in [2.05, 4.69) is 11.4 Å². The Morgan fingerprint density at radius 1 is 1.06 bits per heavy atom. The van der Waals surface area contributed by atoms with Crippen molar-refractivity contribution in [2.75, 3.05) is 10.2 Å². The number of amides is 3. The lowest BCUT2D eigenvalue weighted by Crippen LogP contribution is -2.44. The molecule has 7 nitrogen and oxygen atoms in total. The van der Waals surface area contributed by atoms with Crippen molar-refractivity contribution in [1.82, 2.24) is 0 Å². The standard InChI is InChI=1S/C28H22FN3O4/c1-27-12-13-28(36-27,14-22(33)31-18-9-7-17(29)8-10-18)24-23(27)25(34)32(26(24)35)21-11-6-16(15-30)19-4-2-3-5-20(19)21/h2-11,23-24H,12-14H2,1H3,(H,31,33)/t23-,24+,27-,28?/m1/s1. The van der Waals surface area contributed by atoms with Crippen LogP contribution < -0.4 is 10.2 Å². The summed E-state index contributed by atoms with van der Waals surface area (Å²) in [7, 11) is 0. The van der Waals surface area contributed by atoms with Crippen LogP contribution in [0.5, 0.6) is 0 Å². The fourth-order valence-corrected chi connectivity index (χ4v) is 6.34. The molecule has 36 heavy (non-hydrogen) atoms. The van der Waals surface area contributed by atoms with Crippen molar-refractivity contribution in [3.8, 4) is 6.07 Å². The number of anilines is 2. The predicted molar refractivity (Wildman–Crippen MR) is 129 cm³/mol. The van der Waals surface area contributed by atoms with Crippen molar-refractivity contribution in [2.24, 2.45) is 11.8 Å². The largest absolute Gasteiger partial charge is 0.367 e. The zero-order valence-electron chi connectivity index (χ0n) is 19.5. The van der Waals surface area contributed by atoms with E-state index < -0.39 is 34.8 Å². The van der Waals surface area contributed by atoms with Crippen LogP contribution in [0.4, 0.5) is 15.8 Å². The van der Waals surface area contributed by atoms with Crippen LogP contribution in [0.1, 0.15) is 31.7 Å². The molecular weight excluding hydrogens is 461 g/mol. The summed E-state index contributed by atoms with van der Waals surface area (Å²) in [5, 5.41) is 13.6. The van der Waals surface area contributed by atoms with E-state index in [-0.39, 0.29) is 18.2 Å². The number of imide groups is 1. The highest BCUT2D eigenvalue weighted by atomic mass is 19.1. The first-order chi connectivity index (χ1) is 17.3. The normalized spacial score (nSPS) is 28.4. The van der Waals surface area contributed by atoms with Gasteiger partial charge in [-0.25, -0.2) is 9.29 Å². The van der Waals surface area contributed by atoms with Gasteiger partial charge in [0.2, 0.25) is 17.7 Å². The van der Waals surface area contributed by atoms with Gasteiger partial charge in [0.15, 0.2) is 0 Å². The first-order valence-electron chi connectivity index (χ1n) is 11.8. The van der Waals surface area contributed by atoms with E-state index in [4.69, 9.17) is 4.74 Å². The Kier molecular flexibility index (Phi) is 4.79. The molecule has 4 atom stereocenters. The Morgan fingerprint density at radius 2 is 1.75 bits per heavy atom. The van der Waals surface area contributed by atoms with Crippen LogP contribution >= 0.6 is 0 Å². The van der Waals surface area contributed by atoms with Gasteiger partial charge in [-0.1, -0.05) is 24.3 Å². The molecule has 0 radical (unpaired) electrons. The second-order valence-corrected chi connectivity index (χ2v) is 9.97. The molecule has 0 spiro atoms. The number of rotatable bonds is 4. The molecule has 3 heterocycles. The van der Waals surface area contributed by atoms with Gasteiger partial charge < -0.3 is 10.1 Å². The van der Waals surface area contributed by atoms with Crippen molar-refractivity contribution in [3.63, 3.8) is 0 Å². The molecule has 1 N–H and O–H groups in total. The van der Waals surface area contributed by atoms with Crippen molar-refractivity contribution in [3.05, 3.63) is 72.0 Å². The molecule has 8 heteroatoms. The van der Waals surface area contributed by atoms with E-state index >= 15 is 0 Å². The van der Waals surface area contributed by atoms with Crippen LogP contribution in [-0.2, 0) is 19.1 Å². The molecule has 3 aromatic rings. The van der Waals surface area contributed by atoms with Gasteiger partial charge in [0, 0.05) is 16.5 Å². The first-order valence-corrected chi connectivity index (χ1v) is 11.8. The number of hydrogen-bond donors (Lipinski definition) is 1. The summed E-state index contributed by atoms with van der Waals surface area (Å²) in [5.41, 5.74) is -0.633. The minimum absolute atomic E-state index is 0.0951. The molecule has 6 rings (SSSR count). The van der Waals surface area contributed by atoms with Gasteiger partial charge in [-0.05, 0) is 56.2 Å². The van der Waals surface area contributed by atoms with Crippen LogP contribution in [0.25, 0.3) is 10.8 Å². The average molecular weight is 483 g/mol. The van der Waals surface area contributed by atoms with E-state index in [9.17, 15) is 24.0 Å². The minimum atomic E-state index is -1.10. The third kappa shape index (κ3) is 3.09. The summed E-state index contributed by atoms with van der Waals surface area (Å²) in [6.45, 7) is 1.84. The number of nitrogens with one attached hydrogen (secondary N) is 1. The Labute approximate surface area is 206 Å². The Bertz CT molecular complexity index is 1500. The van der Waals surface area contributed by atoms with Gasteiger partial charge in [0.1, 0.15) is 5.82 Å². The second kappa shape index (κ2) is 7.70. The van der Waals surface area contributed by atoms with Crippen LogP contribution in [-0.4, -0.2) is 28.9 Å². The number of nitriles is 1. The number of hydrogen-bond acceptors (Lipinski definition) is 5. The molecule has 3 saturated heterocycles. The molecule has 180 valence electrons. The summed E-state index contributed by atoms with van der Waals surface area (Å²) in [6.07, 6.45) is 0.934. The Morgan fingerprint density at radius 3 is 2.47 bits per heavy atom. The third-order valence-corrected chi connectivity index (χ3v) is 7.86. The SMILES string of the molecule is C[C@]12CCC(CC(=O)Nc3ccc(F)cc3)(O1)[C@@H]1C(=O)N(c3ccc(C#N)c4ccccc34)C(=O)[C@@H]12. The summed E-state index contributed by atoms with van der Waals surface area (Å²) >= 11 is 0. The van der Waals surface area contributed by atoms with Gasteiger partial charge in [-0.3, -0.25) is 14.4 Å². The molecule has 3 aliphatic rings. The molecule has 3 amide bonds. The average Bonchev–Trinajstić information content (AvgIpc) is 3.44. The van der Waals surface area contributed by atoms with E-state index in [1.54, 1.807) is 36.4 Å². The number of carbonyl (C=O) groups excluding carboxylic acids is 3. The number of nitrogens with zero attached hydrogens (tertiary/aromatic N) is 2. The van der Waals surface area contributed by atoms with Gasteiger partial charge in [-0.15, -0.1) is 0 Å². The molecule has 0 aromatic heterocycles. The zero-order chi connectivity index (χ0) is 25.2. The van der Waals surface area contributed by atoms with E-state index in [0.717, 1.165) is 0 Å². The van der Waals surface area contributed by atoms with E-state index in [1.165, 1.54) is 29.2 Å². The molecule has 1 unspecified atom stereocenters. The Hall–Kier alpha value is -4.09. The molecule has 0 aliphatic carbocycles. The lowest BCUT2D eigenvalue weighted by molar-refractivity contribution is -0.133. The molecule has 0 saturated carbocycles. The lowest BCUT2D eigenvalue weighted by Gasteiger charge is -2.30. The molecule has 3 aromatic carbocycles. The van der Waals surface area contributed by atoms with Crippen LogP contribution in [0, 0.1) is 29.0 Å². The second-order valence-electron chi connectivity index (χ2n) is 9.97. The van der Waals surface area contributed by atoms with Crippen LogP contribution in [0.3, 0.4) is 0 Å². The molecule has 3 fully saturated rings. The van der Waals surface area contributed by atoms with Crippen molar-refractivity contribution in [2.45, 2.75) is 37.4 Å². The smallest absolute Gasteiger partial charge is 0.240 e. The lowest BCUT2D eigenvalue weighted by atomic mass is 9.67. The quantitative estimate of drug-likeness (QED) is 0.558. The van der Waals surface area contributed by atoms with Crippen molar-refractivity contribution >= 4 is 39.9 Å². The van der Waals surface area contributed by atoms with Gasteiger partial charge >= 0.3 is 0 Å². The predicted octanol–water partition coefficient (Wildman–Crippen LogP) is 4.31. The first kappa shape index (κ1) is 22.4. The molecule has 2 bridgehead atoms. The maximum absolute atomic E-state index is 13.9. The zero-order valence-corrected chi connectivity index (χ0v) is 19.5. The van der Waals surface area contributed by atoms with Crippen molar-refractivity contribution in [1.29, 1.82) is 5.26 Å². The number of fused-ring (bicyclic) bond motifs is 6. The van der Waals surface area contributed by atoms with Gasteiger partial charge in [0.25, 0.3) is 0 Å². The fourth-order valence-electron chi connectivity index (χ4n) is 6.34. The van der Waals surface area contributed by atoms with E-state index in [1.807, 2.05) is 6.92 Å².